The normalized spacial score (nSPS) is 27.0. The van der Waals surface area contributed by atoms with Gasteiger partial charge in [-0.05, 0) is 44.3 Å². The molecule has 14 heavy (non-hydrogen) atoms. The van der Waals surface area contributed by atoms with Crippen molar-refractivity contribution in [3.8, 4) is 0 Å². The molecule has 0 aromatic rings. The molecular formula is C10H14N2O2. The molecule has 1 atom stereocenters. The average molecular weight is 194 g/mol. The van der Waals surface area contributed by atoms with Crippen LogP contribution in [0.3, 0.4) is 0 Å². The summed E-state index contributed by atoms with van der Waals surface area (Å²) < 4.78 is 0. The minimum absolute atomic E-state index is 0.276. The third-order valence-corrected chi connectivity index (χ3v) is 2.94. The maximum absolute atomic E-state index is 10.6. The van der Waals surface area contributed by atoms with Gasteiger partial charge in [0, 0.05) is 6.08 Å². The van der Waals surface area contributed by atoms with Gasteiger partial charge in [-0.1, -0.05) is 5.57 Å². The highest BCUT2D eigenvalue weighted by molar-refractivity contribution is 5.26. The van der Waals surface area contributed by atoms with Crippen LogP contribution in [0.1, 0.15) is 19.3 Å². The molecule has 1 saturated heterocycles. The van der Waals surface area contributed by atoms with Crippen molar-refractivity contribution >= 4 is 0 Å². The first kappa shape index (κ1) is 9.40. The lowest BCUT2D eigenvalue weighted by Crippen LogP contribution is -2.14. The maximum Gasteiger partial charge on any atom is 0.265 e. The van der Waals surface area contributed by atoms with Crippen LogP contribution >= 0.6 is 0 Å². The van der Waals surface area contributed by atoms with Crippen LogP contribution in [0.25, 0.3) is 0 Å². The Morgan fingerprint density at radius 3 is 3.14 bits per heavy atom. The second-order valence-corrected chi connectivity index (χ2v) is 3.83. The number of hydrogen-bond acceptors (Lipinski definition) is 3. The molecule has 0 bridgehead atoms. The summed E-state index contributed by atoms with van der Waals surface area (Å²) >= 11 is 0. The Hall–Kier alpha value is -1.16. The first-order chi connectivity index (χ1) is 6.77. The van der Waals surface area contributed by atoms with E-state index in [1.807, 2.05) is 0 Å². The first-order valence-electron chi connectivity index (χ1n) is 5.03. The summed E-state index contributed by atoms with van der Waals surface area (Å²) in [5.74, 6) is 0.536. The van der Waals surface area contributed by atoms with Crippen molar-refractivity contribution in [2.75, 3.05) is 13.1 Å². The molecule has 0 aromatic carbocycles. The minimum atomic E-state index is -0.290. The molecule has 2 rings (SSSR count). The summed E-state index contributed by atoms with van der Waals surface area (Å²) in [6.45, 7) is 1.98. The lowest BCUT2D eigenvalue weighted by atomic mass is 9.87. The highest BCUT2D eigenvalue weighted by Crippen LogP contribution is 2.29. The lowest BCUT2D eigenvalue weighted by Gasteiger charge is -2.18. The molecule has 0 amide bonds. The van der Waals surface area contributed by atoms with Crippen LogP contribution < -0.4 is 5.32 Å². The van der Waals surface area contributed by atoms with Crippen molar-refractivity contribution in [2.45, 2.75) is 19.3 Å². The molecule has 1 aliphatic carbocycles. The molecular weight excluding hydrogens is 180 g/mol. The van der Waals surface area contributed by atoms with Crippen LogP contribution in [-0.4, -0.2) is 18.0 Å². The Kier molecular flexibility index (Phi) is 2.63. The molecule has 1 heterocycles. The SMILES string of the molecule is O=[N+]([O-])C1=CCC2CCNCCC2=C1. The van der Waals surface area contributed by atoms with E-state index in [0.29, 0.717) is 5.92 Å². The Balaban J connectivity index is 2.17. The van der Waals surface area contributed by atoms with Crippen molar-refractivity contribution in [1.29, 1.82) is 0 Å². The van der Waals surface area contributed by atoms with Gasteiger partial charge < -0.3 is 5.32 Å². The molecule has 0 spiro atoms. The van der Waals surface area contributed by atoms with Gasteiger partial charge in [0.15, 0.2) is 0 Å². The number of hydrogen-bond donors (Lipinski definition) is 1. The van der Waals surface area contributed by atoms with Gasteiger partial charge in [-0.3, -0.25) is 10.1 Å². The van der Waals surface area contributed by atoms with Gasteiger partial charge in [-0.2, -0.15) is 0 Å². The van der Waals surface area contributed by atoms with E-state index in [0.717, 1.165) is 32.4 Å². The molecule has 1 unspecified atom stereocenters. The number of nitrogens with zero attached hydrogens (tertiary/aromatic N) is 1. The topological polar surface area (TPSA) is 55.2 Å². The number of rotatable bonds is 1. The van der Waals surface area contributed by atoms with E-state index in [1.54, 1.807) is 12.2 Å². The highest BCUT2D eigenvalue weighted by Gasteiger charge is 2.23. The molecule has 0 saturated carbocycles. The number of nitro groups is 1. The van der Waals surface area contributed by atoms with Crippen molar-refractivity contribution in [3.05, 3.63) is 33.5 Å². The van der Waals surface area contributed by atoms with E-state index >= 15 is 0 Å². The molecule has 1 fully saturated rings. The predicted molar refractivity (Wildman–Crippen MR) is 53.4 cm³/mol. The number of allylic oxidation sites excluding steroid dienone is 2. The van der Waals surface area contributed by atoms with Crippen LogP contribution in [0.15, 0.2) is 23.4 Å². The van der Waals surface area contributed by atoms with E-state index in [9.17, 15) is 10.1 Å². The Morgan fingerprint density at radius 2 is 2.36 bits per heavy atom. The van der Waals surface area contributed by atoms with E-state index in [4.69, 9.17) is 0 Å². The summed E-state index contributed by atoms with van der Waals surface area (Å²) in [5.41, 5.74) is 1.53. The molecule has 4 nitrogen and oxygen atoms in total. The quantitative estimate of drug-likeness (QED) is 0.508. The Bertz CT molecular complexity index is 307. The van der Waals surface area contributed by atoms with Gasteiger partial charge >= 0.3 is 0 Å². The fourth-order valence-corrected chi connectivity index (χ4v) is 2.12. The molecule has 1 aliphatic heterocycles. The predicted octanol–water partition coefficient (Wildman–Crippen LogP) is 1.48. The number of nitrogens with one attached hydrogen (secondary N) is 1. The number of fused-ring (bicyclic) bond motifs is 1. The van der Waals surface area contributed by atoms with Gasteiger partial charge in [0.2, 0.25) is 0 Å². The second kappa shape index (κ2) is 3.92. The van der Waals surface area contributed by atoms with Crippen molar-refractivity contribution < 1.29 is 4.92 Å². The fraction of sp³-hybridized carbons (Fsp3) is 0.600. The summed E-state index contributed by atoms with van der Waals surface area (Å²) in [5, 5.41) is 13.9. The summed E-state index contributed by atoms with van der Waals surface area (Å²) in [7, 11) is 0. The fourth-order valence-electron chi connectivity index (χ4n) is 2.12. The van der Waals surface area contributed by atoms with Gasteiger partial charge in [0.05, 0.1) is 4.92 Å². The van der Waals surface area contributed by atoms with E-state index in [1.165, 1.54) is 5.57 Å². The van der Waals surface area contributed by atoms with Crippen molar-refractivity contribution in [1.82, 2.24) is 5.32 Å². The highest BCUT2D eigenvalue weighted by atomic mass is 16.6. The molecule has 0 aromatic heterocycles. The zero-order valence-electron chi connectivity index (χ0n) is 8.03. The standard InChI is InChI=1S/C10H14N2O2/c13-12(14)10-2-1-8-3-5-11-6-4-9(8)7-10/h2,7-8,11H,1,3-6H2. The largest absolute Gasteiger partial charge is 0.316 e. The van der Waals surface area contributed by atoms with E-state index in [-0.39, 0.29) is 10.6 Å². The van der Waals surface area contributed by atoms with Gasteiger partial charge in [-0.15, -0.1) is 0 Å². The van der Waals surface area contributed by atoms with Crippen LogP contribution in [0.4, 0.5) is 0 Å². The molecule has 0 radical (unpaired) electrons. The van der Waals surface area contributed by atoms with Crippen molar-refractivity contribution in [2.24, 2.45) is 5.92 Å². The monoisotopic (exact) mass is 194 g/mol. The van der Waals surface area contributed by atoms with Crippen LogP contribution in [0.5, 0.6) is 0 Å². The minimum Gasteiger partial charge on any atom is -0.316 e. The first-order valence-corrected chi connectivity index (χ1v) is 5.03. The Labute approximate surface area is 82.8 Å². The summed E-state index contributed by atoms with van der Waals surface area (Å²) in [6.07, 6.45) is 6.41. The van der Waals surface area contributed by atoms with Gasteiger partial charge in [-0.25, -0.2) is 0 Å². The zero-order chi connectivity index (χ0) is 9.97. The molecule has 76 valence electrons. The van der Waals surface area contributed by atoms with Gasteiger partial charge in [0.25, 0.3) is 5.70 Å². The lowest BCUT2D eigenvalue weighted by molar-refractivity contribution is -0.419. The smallest absolute Gasteiger partial charge is 0.265 e. The summed E-state index contributed by atoms with van der Waals surface area (Å²) in [4.78, 5) is 10.3. The van der Waals surface area contributed by atoms with Crippen molar-refractivity contribution in [3.63, 3.8) is 0 Å². The average Bonchev–Trinajstić information content (AvgIpc) is 2.41. The second-order valence-electron chi connectivity index (χ2n) is 3.83. The summed E-state index contributed by atoms with van der Waals surface area (Å²) in [6, 6.07) is 0. The molecule has 1 N–H and O–H groups in total. The van der Waals surface area contributed by atoms with E-state index < -0.39 is 0 Å². The third kappa shape index (κ3) is 1.85. The molecule has 2 aliphatic rings. The molecule has 4 heteroatoms. The zero-order valence-corrected chi connectivity index (χ0v) is 8.03. The Morgan fingerprint density at radius 1 is 1.50 bits per heavy atom. The van der Waals surface area contributed by atoms with Gasteiger partial charge in [0.1, 0.15) is 0 Å². The van der Waals surface area contributed by atoms with Crippen LogP contribution in [0, 0.1) is 16.0 Å². The van der Waals surface area contributed by atoms with Crippen LogP contribution in [0.2, 0.25) is 0 Å². The van der Waals surface area contributed by atoms with Crippen LogP contribution in [-0.2, 0) is 0 Å². The maximum atomic E-state index is 10.6. The third-order valence-electron chi connectivity index (χ3n) is 2.94. The van der Waals surface area contributed by atoms with E-state index in [2.05, 4.69) is 5.32 Å².